The van der Waals surface area contributed by atoms with Crippen molar-refractivity contribution in [1.29, 1.82) is 0 Å². The van der Waals surface area contributed by atoms with E-state index in [4.69, 9.17) is 5.73 Å². The standard InChI is InChI=1S/C15H22FN3O/c1-19-8-5-11(6-9-19)4-7-18-15(20)13-3-2-12(17)10-14(13)16/h2-3,10-11H,4-9,17H2,1H3,(H,18,20). The van der Waals surface area contributed by atoms with E-state index in [0.717, 1.165) is 19.5 Å². The quantitative estimate of drug-likeness (QED) is 0.827. The van der Waals surface area contributed by atoms with Crippen molar-refractivity contribution >= 4 is 11.6 Å². The molecule has 0 saturated carbocycles. The summed E-state index contributed by atoms with van der Waals surface area (Å²) >= 11 is 0. The number of anilines is 1. The van der Waals surface area contributed by atoms with Gasteiger partial charge in [-0.3, -0.25) is 4.79 Å². The van der Waals surface area contributed by atoms with Gasteiger partial charge in [0.2, 0.25) is 0 Å². The summed E-state index contributed by atoms with van der Waals surface area (Å²) in [7, 11) is 2.13. The van der Waals surface area contributed by atoms with E-state index in [-0.39, 0.29) is 11.5 Å². The average molecular weight is 279 g/mol. The predicted molar refractivity (Wildman–Crippen MR) is 78.0 cm³/mol. The van der Waals surface area contributed by atoms with E-state index < -0.39 is 5.82 Å². The Labute approximate surface area is 119 Å². The molecule has 0 bridgehead atoms. The first-order valence-corrected chi connectivity index (χ1v) is 7.08. The van der Waals surface area contributed by atoms with Gasteiger partial charge in [0.15, 0.2) is 0 Å². The fourth-order valence-electron chi connectivity index (χ4n) is 2.55. The Kier molecular flexibility index (Phi) is 4.95. The van der Waals surface area contributed by atoms with Crippen molar-refractivity contribution in [1.82, 2.24) is 10.2 Å². The molecule has 0 radical (unpaired) electrons. The van der Waals surface area contributed by atoms with E-state index in [1.165, 1.54) is 31.0 Å². The van der Waals surface area contributed by atoms with Gasteiger partial charge in [0.05, 0.1) is 5.56 Å². The second-order valence-corrected chi connectivity index (χ2v) is 5.53. The molecule has 1 aliphatic rings. The maximum atomic E-state index is 13.6. The van der Waals surface area contributed by atoms with Crippen LogP contribution in [0, 0.1) is 11.7 Å². The number of rotatable bonds is 4. The number of amides is 1. The Morgan fingerprint density at radius 2 is 2.15 bits per heavy atom. The molecule has 0 atom stereocenters. The van der Waals surface area contributed by atoms with Crippen LogP contribution in [0.5, 0.6) is 0 Å². The molecule has 0 unspecified atom stereocenters. The van der Waals surface area contributed by atoms with Crippen LogP contribution < -0.4 is 11.1 Å². The van der Waals surface area contributed by atoms with Gasteiger partial charge in [0.1, 0.15) is 5.82 Å². The number of nitrogens with two attached hydrogens (primary N) is 1. The SMILES string of the molecule is CN1CCC(CCNC(=O)c2ccc(N)cc2F)CC1. The highest BCUT2D eigenvalue weighted by Crippen LogP contribution is 2.19. The zero-order chi connectivity index (χ0) is 14.5. The number of halogens is 1. The second kappa shape index (κ2) is 6.70. The van der Waals surface area contributed by atoms with E-state index in [9.17, 15) is 9.18 Å². The molecule has 0 aromatic heterocycles. The summed E-state index contributed by atoms with van der Waals surface area (Å²) in [4.78, 5) is 14.2. The van der Waals surface area contributed by atoms with Gasteiger partial charge in [-0.2, -0.15) is 0 Å². The molecular weight excluding hydrogens is 257 g/mol. The zero-order valence-electron chi connectivity index (χ0n) is 11.9. The molecule has 1 fully saturated rings. The van der Waals surface area contributed by atoms with Gasteiger partial charge in [0.25, 0.3) is 5.91 Å². The minimum absolute atomic E-state index is 0.0579. The summed E-state index contributed by atoms with van der Waals surface area (Å²) in [6.07, 6.45) is 3.29. The molecule has 1 aromatic rings. The zero-order valence-corrected chi connectivity index (χ0v) is 11.9. The minimum atomic E-state index is -0.568. The number of nitrogen functional groups attached to an aromatic ring is 1. The van der Waals surface area contributed by atoms with Crippen LogP contribution in [0.2, 0.25) is 0 Å². The Hall–Kier alpha value is -1.62. The lowest BCUT2D eigenvalue weighted by Crippen LogP contribution is -2.32. The first kappa shape index (κ1) is 14.8. The Balaban J connectivity index is 1.77. The lowest BCUT2D eigenvalue weighted by molar-refractivity contribution is 0.0945. The number of piperidine rings is 1. The monoisotopic (exact) mass is 279 g/mol. The Bertz CT molecular complexity index is 470. The first-order chi connectivity index (χ1) is 9.56. The third kappa shape index (κ3) is 3.93. The van der Waals surface area contributed by atoms with E-state index >= 15 is 0 Å². The molecule has 20 heavy (non-hydrogen) atoms. The van der Waals surface area contributed by atoms with Crippen LogP contribution in [0.1, 0.15) is 29.6 Å². The molecule has 1 heterocycles. The Morgan fingerprint density at radius 1 is 1.45 bits per heavy atom. The number of benzene rings is 1. The largest absolute Gasteiger partial charge is 0.399 e. The summed E-state index contributed by atoms with van der Waals surface area (Å²) in [6, 6.07) is 4.14. The van der Waals surface area contributed by atoms with Crippen molar-refractivity contribution in [3.05, 3.63) is 29.6 Å². The fraction of sp³-hybridized carbons (Fsp3) is 0.533. The van der Waals surface area contributed by atoms with E-state index in [0.29, 0.717) is 18.2 Å². The molecule has 1 aromatic carbocycles. The summed E-state index contributed by atoms with van der Waals surface area (Å²) in [5, 5.41) is 2.78. The van der Waals surface area contributed by atoms with Crippen LogP contribution in [-0.2, 0) is 0 Å². The van der Waals surface area contributed by atoms with Crippen LogP contribution in [0.25, 0.3) is 0 Å². The van der Waals surface area contributed by atoms with Gasteiger partial charge in [-0.1, -0.05) is 0 Å². The van der Waals surface area contributed by atoms with Gasteiger partial charge < -0.3 is 16.0 Å². The molecule has 0 aliphatic carbocycles. The third-order valence-corrected chi connectivity index (χ3v) is 3.91. The maximum absolute atomic E-state index is 13.6. The van der Waals surface area contributed by atoms with Crippen LogP contribution in [0.4, 0.5) is 10.1 Å². The number of nitrogens with one attached hydrogen (secondary N) is 1. The minimum Gasteiger partial charge on any atom is -0.399 e. The molecule has 110 valence electrons. The summed E-state index contributed by atoms with van der Waals surface area (Å²) in [5.41, 5.74) is 5.84. The number of carbonyl (C=O) groups is 1. The van der Waals surface area contributed by atoms with Crippen molar-refractivity contribution in [2.24, 2.45) is 5.92 Å². The van der Waals surface area contributed by atoms with Gasteiger partial charge in [0, 0.05) is 12.2 Å². The molecule has 2 rings (SSSR count). The molecular formula is C15H22FN3O. The van der Waals surface area contributed by atoms with Gasteiger partial charge >= 0.3 is 0 Å². The fourth-order valence-corrected chi connectivity index (χ4v) is 2.55. The molecule has 1 saturated heterocycles. The van der Waals surface area contributed by atoms with E-state index in [2.05, 4.69) is 17.3 Å². The van der Waals surface area contributed by atoms with Crippen molar-refractivity contribution in [2.75, 3.05) is 32.4 Å². The van der Waals surface area contributed by atoms with Gasteiger partial charge in [-0.15, -0.1) is 0 Å². The van der Waals surface area contributed by atoms with Crippen LogP contribution in [0.15, 0.2) is 18.2 Å². The maximum Gasteiger partial charge on any atom is 0.254 e. The number of nitrogens with zero attached hydrogens (tertiary/aromatic N) is 1. The van der Waals surface area contributed by atoms with Crippen molar-refractivity contribution in [3.63, 3.8) is 0 Å². The molecule has 1 aliphatic heterocycles. The topological polar surface area (TPSA) is 58.4 Å². The lowest BCUT2D eigenvalue weighted by Gasteiger charge is -2.28. The smallest absolute Gasteiger partial charge is 0.254 e. The summed E-state index contributed by atoms with van der Waals surface area (Å²) < 4.78 is 13.6. The van der Waals surface area contributed by atoms with Gasteiger partial charge in [-0.05, 0) is 63.5 Å². The van der Waals surface area contributed by atoms with Crippen molar-refractivity contribution in [3.8, 4) is 0 Å². The number of hydrogen-bond donors (Lipinski definition) is 2. The van der Waals surface area contributed by atoms with E-state index in [1.54, 1.807) is 0 Å². The van der Waals surface area contributed by atoms with Crippen LogP contribution >= 0.6 is 0 Å². The number of likely N-dealkylation sites (tertiary alicyclic amines) is 1. The molecule has 5 heteroatoms. The van der Waals surface area contributed by atoms with Crippen molar-refractivity contribution in [2.45, 2.75) is 19.3 Å². The average Bonchev–Trinajstić information content (AvgIpc) is 2.41. The summed E-state index contributed by atoms with van der Waals surface area (Å²) in [6.45, 7) is 2.83. The highest BCUT2D eigenvalue weighted by atomic mass is 19.1. The van der Waals surface area contributed by atoms with E-state index in [1.807, 2.05) is 0 Å². The second-order valence-electron chi connectivity index (χ2n) is 5.53. The van der Waals surface area contributed by atoms with Crippen molar-refractivity contribution < 1.29 is 9.18 Å². The summed E-state index contributed by atoms with van der Waals surface area (Å²) in [5.74, 6) is -0.278. The number of carbonyl (C=O) groups excluding carboxylic acids is 1. The molecule has 1 amide bonds. The van der Waals surface area contributed by atoms with Crippen LogP contribution in [0.3, 0.4) is 0 Å². The third-order valence-electron chi connectivity index (χ3n) is 3.91. The first-order valence-electron chi connectivity index (χ1n) is 7.08. The highest BCUT2D eigenvalue weighted by molar-refractivity contribution is 5.94. The molecule has 4 nitrogen and oxygen atoms in total. The van der Waals surface area contributed by atoms with Crippen LogP contribution in [-0.4, -0.2) is 37.5 Å². The molecule has 0 spiro atoms. The normalized spacial score (nSPS) is 17.1. The molecule has 3 N–H and O–H groups in total. The Morgan fingerprint density at radius 3 is 2.80 bits per heavy atom. The predicted octanol–water partition coefficient (Wildman–Crippen LogP) is 1.87. The van der Waals surface area contributed by atoms with Gasteiger partial charge in [-0.25, -0.2) is 4.39 Å². The number of hydrogen-bond acceptors (Lipinski definition) is 3. The lowest BCUT2D eigenvalue weighted by atomic mass is 9.94. The highest BCUT2D eigenvalue weighted by Gasteiger charge is 2.17.